The summed E-state index contributed by atoms with van der Waals surface area (Å²) in [4.78, 5) is 12.6. The van der Waals surface area contributed by atoms with Gasteiger partial charge in [0.25, 0.3) is 0 Å². The molecule has 1 atom stereocenters. The summed E-state index contributed by atoms with van der Waals surface area (Å²) >= 11 is 0. The van der Waals surface area contributed by atoms with Crippen LogP contribution in [0.1, 0.15) is 67.7 Å². The van der Waals surface area contributed by atoms with Gasteiger partial charge < -0.3 is 4.74 Å². The molecule has 0 aliphatic heterocycles. The van der Waals surface area contributed by atoms with E-state index in [0.717, 1.165) is 0 Å². The Morgan fingerprint density at radius 2 is 1.26 bits per heavy atom. The Balaban J connectivity index is 5.69. The predicted octanol–water partition coefficient (Wildman–Crippen LogP) is 6.63. The van der Waals surface area contributed by atoms with Crippen molar-refractivity contribution in [2.75, 3.05) is 6.61 Å². The fourth-order valence-electron chi connectivity index (χ4n) is 2.67. The molecular formula is C18H29F7O2. The maximum atomic E-state index is 13.5. The third-order valence-electron chi connectivity index (χ3n) is 5.82. The van der Waals surface area contributed by atoms with Crippen molar-refractivity contribution in [3.05, 3.63) is 0 Å². The average Bonchev–Trinajstić information content (AvgIpc) is 2.50. The van der Waals surface area contributed by atoms with Crippen LogP contribution in [-0.2, 0) is 9.53 Å². The number of esters is 1. The van der Waals surface area contributed by atoms with Crippen LogP contribution < -0.4 is 0 Å². The lowest BCUT2D eigenvalue weighted by Crippen LogP contribution is -2.55. The lowest BCUT2D eigenvalue weighted by Gasteiger charge is -2.46. The number of halogens is 7. The van der Waals surface area contributed by atoms with E-state index in [2.05, 4.69) is 4.74 Å². The minimum atomic E-state index is -6.46. The average molecular weight is 410 g/mol. The zero-order valence-corrected chi connectivity index (χ0v) is 16.8. The zero-order valence-electron chi connectivity index (χ0n) is 16.8. The highest BCUT2D eigenvalue weighted by molar-refractivity contribution is 5.77. The molecule has 9 heteroatoms. The highest BCUT2D eigenvalue weighted by Gasteiger charge is 2.73. The largest absolute Gasteiger partial charge is 0.460 e. The molecule has 0 fully saturated rings. The first-order valence-electron chi connectivity index (χ1n) is 8.70. The fourth-order valence-corrected chi connectivity index (χ4v) is 2.67. The fraction of sp³-hybridized carbons (Fsp3) is 0.944. The van der Waals surface area contributed by atoms with Gasteiger partial charge in [0.1, 0.15) is 0 Å². The monoisotopic (exact) mass is 410 g/mol. The van der Waals surface area contributed by atoms with Gasteiger partial charge in [0.05, 0.1) is 5.41 Å². The van der Waals surface area contributed by atoms with Crippen LogP contribution in [0.25, 0.3) is 0 Å². The van der Waals surface area contributed by atoms with Crippen molar-refractivity contribution in [3.63, 3.8) is 0 Å². The summed E-state index contributed by atoms with van der Waals surface area (Å²) < 4.78 is 94.0. The van der Waals surface area contributed by atoms with Crippen LogP contribution in [0.4, 0.5) is 30.7 Å². The molecule has 1 unspecified atom stereocenters. The quantitative estimate of drug-likeness (QED) is 0.315. The Morgan fingerprint density at radius 3 is 1.59 bits per heavy atom. The molecule has 0 saturated carbocycles. The van der Waals surface area contributed by atoms with Crippen molar-refractivity contribution >= 4 is 5.97 Å². The maximum absolute atomic E-state index is 13.5. The van der Waals surface area contributed by atoms with Gasteiger partial charge >= 0.3 is 24.0 Å². The molecule has 0 spiro atoms. The molecule has 0 radical (unpaired) electrons. The number of alkyl halides is 7. The lowest BCUT2D eigenvalue weighted by molar-refractivity contribution is -0.360. The SMILES string of the molecule is CCC(C)(C)CC(C)(C(=O)OCC(F)(F)C(F)(F)C(F)(F)F)C(C)(C)CC. The Morgan fingerprint density at radius 1 is 0.815 bits per heavy atom. The standard InChI is InChI=1S/C18H29F7O2/c1-8-13(3,4)10-15(7,14(5,6)9-2)12(26)27-11-16(19,20)17(21,22)18(23,24)25/h8-11H2,1-7H3. The molecule has 0 aromatic heterocycles. The van der Waals surface area contributed by atoms with Crippen LogP contribution in [0.2, 0.25) is 0 Å². The molecule has 0 aromatic rings. The highest BCUT2D eigenvalue weighted by atomic mass is 19.4. The van der Waals surface area contributed by atoms with E-state index in [0.29, 0.717) is 12.8 Å². The van der Waals surface area contributed by atoms with E-state index in [4.69, 9.17) is 0 Å². The second-order valence-electron chi connectivity index (χ2n) is 8.62. The van der Waals surface area contributed by atoms with E-state index in [-0.39, 0.29) is 6.42 Å². The van der Waals surface area contributed by atoms with Crippen molar-refractivity contribution in [1.82, 2.24) is 0 Å². The number of ether oxygens (including phenoxy) is 1. The summed E-state index contributed by atoms with van der Waals surface area (Å²) in [5, 5.41) is 0. The van der Waals surface area contributed by atoms with Crippen LogP contribution in [0, 0.1) is 16.2 Å². The normalized spacial score (nSPS) is 16.8. The first-order chi connectivity index (χ1) is 11.7. The summed E-state index contributed by atoms with van der Waals surface area (Å²) in [7, 11) is 0. The van der Waals surface area contributed by atoms with Crippen LogP contribution in [0.3, 0.4) is 0 Å². The minimum Gasteiger partial charge on any atom is -0.459 e. The number of carbonyl (C=O) groups excluding carboxylic acids is 1. The van der Waals surface area contributed by atoms with E-state index in [1.807, 2.05) is 20.8 Å². The Kier molecular flexibility index (Phi) is 7.48. The van der Waals surface area contributed by atoms with Gasteiger partial charge in [0.15, 0.2) is 6.61 Å². The molecule has 0 rings (SSSR count). The third kappa shape index (κ3) is 5.28. The van der Waals surface area contributed by atoms with Crippen molar-refractivity contribution in [1.29, 1.82) is 0 Å². The van der Waals surface area contributed by atoms with Gasteiger partial charge in [-0.15, -0.1) is 0 Å². The number of rotatable bonds is 9. The highest BCUT2D eigenvalue weighted by Crippen LogP contribution is 2.51. The van der Waals surface area contributed by atoms with Gasteiger partial charge in [-0.1, -0.05) is 48.0 Å². The van der Waals surface area contributed by atoms with Gasteiger partial charge in [-0.2, -0.15) is 30.7 Å². The van der Waals surface area contributed by atoms with Crippen LogP contribution in [0.15, 0.2) is 0 Å². The first kappa shape index (κ1) is 26.0. The molecule has 162 valence electrons. The molecule has 0 bridgehead atoms. The molecule has 2 nitrogen and oxygen atoms in total. The molecule has 0 aliphatic carbocycles. The van der Waals surface area contributed by atoms with Gasteiger partial charge in [-0.25, -0.2) is 0 Å². The number of hydrogen-bond donors (Lipinski definition) is 0. The maximum Gasteiger partial charge on any atom is 0.460 e. The topological polar surface area (TPSA) is 26.3 Å². The van der Waals surface area contributed by atoms with Gasteiger partial charge in [0.2, 0.25) is 0 Å². The number of carbonyl (C=O) groups is 1. The first-order valence-corrected chi connectivity index (χ1v) is 8.70. The summed E-state index contributed by atoms with van der Waals surface area (Å²) in [6, 6.07) is 0. The van der Waals surface area contributed by atoms with Crippen LogP contribution in [0.5, 0.6) is 0 Å². The van der Waals surface area contributed by atoms with Crippen molar-refractivity contribution < 1.29 is 40.3 Å². The summed E-state index contributed by atoms with van der Waals surface area (Å²) in [5.41, 5.74) is -2.53. The van der Waals surface area contributed by atoms with Gasteiger partial charge in [0, 0.05) is 0 Å². The van der Waals surface area contributed by atoms with Crippen molar-refractivity contribution in [3.8, 4) is 0 Å². The predicted molar refractivity (Wildman–Crippen MR) is 87.8 cm³/mol. The van der Waals surface area contributed by atoms with Gasteiger partial charge in [-0.05, 0) is 30.6 Å². The summed E-state index contributed by atoms with van der Waals surface area (Å²) in [6.07, 6.45) is -5.19. The van der Waals surface area contributed by atoms with E-state index < -0.39 is 46.8 Å². The number of hydrogen-bond acceptors (Lipinski definition) is 2. The van der Waals surface area contributed by atoms with Crippen LogP contribution in [-0.4, -0.2) is 30.6 Å². The Bertz CT molecular complexity index is 524. The Hall–Kier alpha value is -1.02. The molecule has 0 aromatic carbocycles. The van der Waals surface area contributed by atoms with E-state index in [1.165, 1.54) is 6.92 Å². The van der Waals surface area contributed by atoms with E-state index >= 15 is 0 Å². The van der Waals surface area contributed by atoms with Crippen molar-refractivity contribution in [2.24, 2.45) is 16.2 Å². The van der Waals surface area contributed by atoms with E-state index in [9.17, 15) is 35.5 Å². The Labute approximate surface area is 155 Å². The molecule has 0 amide bonds. The lowest BCUT2D eigenvalue weighted by atomic mass is 9.58. The molecule has 0 N–H and O–H groups in total. The molecule has 0 saturated heterocycles. The third-order valence-corrected chi connectivity index (χ3v) is 5.82. The summed E-state index contributed by atoms with van der Waals surface area (Å²) in [6.45, 7) is 9.83. The minimum absolute atomic E-state index is 0.192. The molecule has 0 heterocycles. The second kappa shape index (κ2) is 7.78. The van der Waals surface area contributed by atoms with Crippen LogP contribution >= 0.6 is 0 Å². The van der Waals surface area contributed by atoms with Gasteiger partial charge in [-0.3, -0.25) is 4.79 Å². The second-order valence-corrected chi connectivity index (χ2v) is 8.62. The smallest absolute Gasteiger partial charge is 0.459 e. The van der Waals surface area contributed by atoms with Crippen molar-refractivity contribution in [2.45, 2.75) is 85.7 Å². The molecule has 27 heavy (non-hydrogen) atoms. The zero-order chi connectivity index (χ0) is 22.1. The molecule has 0 aliphatic rings. The van der Waals surface area contributed by atoms with E-state index in [1.54, 1.807) is 20.8 Å². The summed E-state index contributed by atoms with van der Waals surface area (Å²) in [5.74, 6) is -13.1. The molecular weight excluding hydrogens is 381 g/mol.